The van der Waals surface area contributed by atoms with Gasteiger partial charge in [-0.05, 0) is 97.7 Å². The van der Waals surface area contributed by atoms with Crippen LogP contribution in [0.5, 0.6) is 5.75 Å². The zero-order valence-electron chi connectivity index (χ0n) is 20.0. The molecule has 0 aromatic heterocycles. The van der Waals surface area contributed by atoms with Crippen molar-refractivity contribution in [3.05, 3.63) is 65.2 Å². The highest BCUT2D eigenvalue weighted by Crippen LogP contribution is 2.48. The van der Waals surface area contributed by atoms with Gasteiger partial charge in [0.15, 0.2) is 0 Å². The second kappa shape index (κ2) is 11.5. The van der Waals surface area contributed by atoms with E-state index in [-0.39, 0.29) is 5.97 Å². The minimum absolute atomic E-state index is 0.354. The van der Waals surface area contributed by atoms with Crippen LogP contribution in [0.25, 0.3) is 0 Å². The van der Waals surface area contributed by atoms with E-state index in [1.807, 2.05) is 12.1 Å². The van der Waals surface area contributed by atoms with Crippen LogP contribution in [0, 0.1) is 29.1 Å². The van der Waals surface area contributed by atoms with Crippen LogP contribution >= 0.6 is 0 Å². The summed E-state index contributed by atoms with van der Waals surface area (Å²) in [6, 6.07) is 16.7. The minimum Gasteiger partial charge on any atom is -0.423 e. The second-order valence-electron chi connectivity index (χ2n) is 10.2. The molecule has 3 heteroatoms. The quantitative estimate of drug-likeness (QED) is 0.235. The molecule has 174 valence electrons. The van der Waals surface area contributed by atoms with Gasteiger partial charge in [0.05, 0.1) is 17.2 Å². The van der Waals surface area contributed by atoms with Crippen LogP contribution < -0.4 is 4.74 Å². The van der Waals surface area contributed by atoms with Gasteiger partial charge in [-0.15, -0.1) is 0 Å². The summed E-state index contributed by atoms with van der Waals surface area (Å²) >= 11 is 0. The smallest absolute Gasteiger partial charge is 0.343 e. The van der Waals surface area contributed by atoms with Crippen LogP contribution in [0.4, 0.5) is 0 Å². The van der Waals surface area contributed by atoms with Crippen LogP contribution in [0.2, 0.25) is 0 Å². The number of ether oxygens (including phenoxy) is 1. The molecule has 0 bridgehead atoms. The Morgan fingerprint density at radius 1 is 0.909 bits per heavy atom. The molecule has 2 aromatic carbocycles. The van der Waals surface area contributed by atoms with Crippen molar-refractivity contribution in [2.45, 2.75) is 83.5 Å². The first-order valence-electron chi connectivity index (χ1n) is 13.0. The maximum Gasteiger partial charge on any atom is 0.343 e. The van der Waals surface area contributed by atoms with E-state index in [9.17, 15) is 4.79 Å². The lowest BCUT2D eigenvalue weighted by molar-refractivity contribution is 0.0734. The molecule has 2 fully saturated rings. The molecule has 2 saturated carbocycles. The summed E-state index contributed by atoms with van der Waals surface area (Å²) in [5, 5.41) is 8.89. The van der Waals surface area contributed by atoms with Crippen molar-refractivity contribution in [3.8, 4) is 11.8 Å². The number of fused-ring (bicyclic) bond motifs is 1. The van der Waals surface area contributed by atoms with E-state index in [2.05, 4.69) is 25.1 Å². The fourth-order valence-electron chi connectivity index (χ4n) is 6.07. The number of nitriles is 1. The number of rotatable bonds is 8. The molecule has 0 N–H and O–H groups in total. The lowest BCUT2D eigenvalue weighted by atomic mass is 9.63. The van der Waals surface area contributed by atoms with Gasteiger partial charge in [0.2, 0.25) is 0 Å². The summed E-state index contributed by atoms with van der Waals surface area (Å²) in [4.78, 5) is 12.5. The lowest BCUT2D eigenvalue weighted by Gasteiger charge is -2.42. The molecule has 0 radical (unpaired) electrons. The van der Waals surface area contributed by atoms with Crippen molar-refractivity contribution in [2.24, 2.45) is 17.8 Å². The van der Waals surface area contributed by atoms with Crippen molar-refractivity contribution in [2.75, 3.05) is 0 Å². The Kier molecular flexibility index (Phi) is 8.21. The average Bonchev–Trinajstić information content (AvgIpc) is 2.87. The summed E-state index contributed by atoms with van der Waals surface area (Å²) < 4.78 is 5.46. The summed E-state index contributed by atoms with van der Waals surface area (Å²) in [5.41, 5.74) is 2.49. The van der Waals surface area contributed by atoms with Crippen LogP contribution in [0.15, 0.2) is 48.5 Å². The standard InChI is InChI=1S/C30H37NO2/c1-2-3-4-5-6-22-7-10-28-20-27(16-15-26(28)19-22)24-11-13-25(14-12-24)30(32)33-29-17-8-23(21-31)9-18-29/h8-9,11-14,17-18,22,26-28H,2-7,10,15-16,19-20H2,1H3. The van der Waals surface area contributed by atoms with E-state index in [0.717, 1.165) is 17.8 Å². The molecular formula is C30H37NO2. The van der Waals surface area contributed by atoms with Gasteiger partial charge >= 0.3 is 5.97 Å². The summed E-state index contributed by atoms with van der Waals surface area (Å²) in [5.74, 6) is 3.52. The molecule has 4 atom stereocenters. The molecule has 4 unspecified atom stereocenters. The Hall–Kier alpha value is -2.60. The van der Waals surface area contributed by atoms with Gasteiger partial charge in [-0.3, -0.25) is 0 Å². The van der Waals surface area contributed by atoms with E-state index in [0.29, 0.717) is 22.8 Å². The first-order valence-corrected chi connectivity index (χ1v) is 13.0. The van der Waals surface area contributed by atoms with Crippen LogP contribution in [-0.4, -0.2) is 5.97 Å². The van der Waals surface area contributed by atoms with Crippen LogP contribution in [0.1, 0.15) is 105 Å². The molecule has 0 aliphatic heterocycles. The van der Waals surface area contributed by atoms with Crippen molar-refractivity contribution in [1.29, 1.82) is 5.26 Å². The number of unbranched alkanes of at least 4 members (excludes halogenated alkanes) is 3. The van der Waals surface area contributed by atoms with Gasteiger partial charge in [0.1, 0.15) is 5.75 Å². The summed E-state index contributed by atoms with van der Waals surface area (Å²) in [7, 11) is 0. The predicted molar refractivity (Wildman–Crippen MR) is 132 cm³/mol. The lowest BCUT2D eigenvalue weighted by Crippen LogP contribution is -2.30. The third-order valence-corrected chi connectivity index (χ3v) is 8.00. The fourth-order valence-corrected chi connectivity index (χ4v) is 6.07. The molecular weight excluding hydrogens is 406 g/mol. The highest BCUT2D eigenvalue weighted by Gasteiger charge is 2.35. The molecule has 0 spiro atoms. The largest absolute Gasteiger partial charge is 0.423 e. The van der Waals surface area contributed by atoms with Crippen LogP contribution in [0.3, 0.4) is 0 Å². The van der Waals surface area contributed by atoms with Gasteiger partial charge in [-0.2, -0.15) is 5.26 Å². The first kappa shape index (κ1) is 23.6. The van der Waals surface area contributed by atoms with E-state index in [1.165, 1.54) is 76.2 Å². The SMILES string of the molecule is CCCCCCC1CCC2CC(c3ccc(C(=O)Oc4ccc(C#N)cc4)cc3)CCC2C1. The zero-order valence-corrected chi connectivity index (χ0v) is 20.0. The van der Waals surface area contributed by atoms with E-state index >= 15 is 0 Å². The highest BCUT2D eigenvalue weighted by molar-refractivity contribution is 5.91. The number of hydrogen-bond acceptors (Lipinski definition) is 3. The molecule has 2 aliphatic rings. The van der Waals surface area contributed by atoms with Crippen molar-refractivity contribution in [1.82, 2.24) is 0 Å². The molecule has 3 nitrogen and oxygen atoms in total. The molecule has 33 heavy (non-hydrogen) atoms. The predicted octanol–water partition coefficient (Wildman–Crippen LogP) is 8.05. The number of carbonyl (C=O) groups excluding carboxylic acids is 1. The number of nitrogens with zero attached hydrogens (tertiary/aromatic N) is 1. The number of benzene rings is 2. The number of esters is 1. The monoisotopic (exact) mass is 443 g/mol. The van der Waals surface area contributed by atoms with Crippen molar-refractivity contribution >= 4 is 5.97 Å². The van der Waals surface area contributed by atoms with Gasteiger partial charge in [0.25, 0.3) is 0 Å². The normalized spacial score (nSPS) is 24.5. The Bertz CT molecular complexity index is 941. The van der Waals surface area contributed by atoms with Gasteiger partial charge in [-0.25, -0.2) is 4.79 Å². The van der Waals surface area contributed by atoms with E-state index in [4.69, 9.17) is 10.00 Å². The number of carbonyl (C=O) groups is 1. The number of hydrogen-bond donors (Lipinski definition) is 0. The third kappa shape index (κ3) is 6.26. The molecule has 2 aliphatic carbocycles. The Labute approximate surface area is 199 Å². The first-order chi connectivity index (χ1) is 16.2. The van der Waals surface area contributed by atoms with Crippen molar-refractivity contribution < 1.29 is 9.53 Å². The van der Waals surface area contributed by atoms with Gasteiger partial charge in [0, 0.05) is 0 Å². The molecule has 0 heterocycles. The molecule has 4 rings (SSSR count). The molecule has 0 saturated heterocycles. The third-order valence-electron chi connectivity index (χ3n) is 8.00. The Morgan fingerprint density at radius 2 is 1.64 bits per heavy atom. The summed E-state index contributed by atoms with van der Waals surface area (Å²) in [6.07, 6.45) is 15.3. The average molecular weight is 444 g/mol. The second-order valence-corrected chi connectivity index (χ2v) is 10.2. The van der Waals surface area contributed by atoms with Crippen LogP contribution in [-0.2, 0) is 0 Å². The maximum atomic E-state index is 12.5. The van der Waals surface area contributed by atoms with E-state index in [1.54, 1.807) is 24.3 Å². The zero-order chi connectivity index (χ0) is 23.0. The summed E-state index contributed by atoms with van der Waals surface area (Å²) in [6.45, 7) is 2.29. The van der Waals surface area contributed by atoms with Crippen molar-refractivity contribution in [3.63, 3.8) is 0 Å². The minimum atomic E-state index is -0.354. The molecule has 2 aromatic rings. The fraction of sp³-hybridized carbons (Fsp3) is 0.533. The van der Waals surface area contributed by atoms with Gasteiger partial charge in [-0.1, -0.05) is 57.6 Å². The topological polar surface area (TPSA) is 50.1 Å². The Balaban J connectivity index is 1.27. The maximum absolute atomic E-state index is 12.5. The van der Waals surface area contributed by atoms with E-state index < -0.39 is 0 Å². The van der Waals surface area contributed by atoms with Gasteiger partial charge < -0.3 is 4.74 Å². The molecule has 0 amide bonds. The Morgan fingerprint density at radius 3 is 2.36 bits per heavy atom. The highest BCUT2D eigenvalue weighted by atomic mass is 16.5.